The van der Waals surface area contributed by atoms with Gasteiger partial charge in [0.1, 0.15) is 0 Å². The van der Waals surface area contributed by atoms with Gasteiger partial charge >= 0.3 is 0 Å². The van der Waals surface area contributed by atoms with Gasteiger partial charge in [-0.25, -0.2) is 0 Å². The molecular formula is C47H35N. The minimum absolute atomic E-state index is 0.0658. The van der Waals surface area contributed by atoms with Crippen LogP contribution in [-0.2, 0) is 5.41 Å². The summed E-state index contributed by atoms with van der Waals surface area (Å²) < 4.78 is 0. The molecule has 0 aliphatic heterocycles. The predicted octanol–water partition coefficient (Wildman–Crippen LogP) is 13.1. The highest BCUT2D eigenvalue weighted by Gasteiger charge is 2.37. The molecule has 1 aliphatic carbocycles. The van der Waals surface area contributed by atoms with Crippen LogP contribution >= 0.6 is 0 Å². The quantitative estimate of drug-likeness (QED) is 0.187. The van der Waals surface area contributed by atoms with Gasteiger partial charge in [0.2, 0.25) is 0 Å². The van der Waals surface area contributed by atoms with Gasteiger partial charge in [-0.05, 0) is 79.4 Å². The molecule has 9 rings (SSSR count). The molecule has 0 spiro atoms. The Labute approximate surface area is 282 Å². The van der Waals surface area contributed by atoms with Crippen molar-refractivity contribution in [1.29, 1.82) is 0 Å². The summed E-state index contributed by atoms with van der Waals surface area (Å²) in [5.74, 6) is 0. The third kappa shape index (κ3) is 4.39. The van der Waals surface area contributed by atoms with E-state index in [1.807, 2.05) is 0 Å². The molecule has 0 N–H and O–H groups in total. The second kappa shape index (κ2) is 11.1. The Balaban J connectivity index is 1.27. The smallest absolute Gasteiger partial charge is 0.0540 e. The third-order valence-corrected chi connectivity index (χ3v) is 10.3. The minimum atomic E-state index is -0.0658. The molecule has 0 heterocycles. The van der Waals surface area contributed by atoms with Crippen molar-refractivity contribution in [2.45, 2.75) is 19.3 Å². The molecule has 0 radical (unpaired) electrons. The minimum Gasteiger partial charge on any atom is -0.309 e. The highest BCUT2D eigenvalue weighted by Crippen LogP contribution is 2.54. The van der Waals surface area contributed by atoms with Gasteiger partial charge in [-0.1, -0.05) is 166 Å². The van der Waals surface area contributed by atoms with Gasteiger partial charge in [0, 0.05) is 22.1 Å². The third-order valence-electron chi connectivity index (χ3n) is 10.3. The van der Waals surface area contributed by atoms with E-state index >= 15 is 0 Å². The lowest BCUT2D eigenvalue weighted by molar-refractivity contribution is 0.660. The molecular weight excluding hydrogens is 579 g/mol. The molecule has 0 unspecified atom stereocenters. The highest BCUT2D eigenvalue weighted by molar-refractivity contribution is 6.03. The lowest BCUT2D eigenvalue weighted by atomic mass is 9.82. The van der Waals surface area contributed by atoms with Crippen molar-refractivity contribution in [2.24, 2.45) is 0 Å². The van der Waals surface area contributed by atoms with Crippen molar-refractivity contribution in [2.75, 3.05) is 4.90 Å². The topological polar surface area (TPSA) is 3.24 Å². The summed E-state index contributed by atoms with van der Waals surface area (Å²) in [7, 11) is 0. The zero-order valence-corrected chi connectivity index (χ0v) is 27.2. The van der Waals surface area contributed by atoms with Crippen molar-refractivity contribution in [3.8, 4) is 33.4 Å². The van der Waals surface area contributed by atoms with Crippen LogP contribution in [-0.4, -0.2) is 0 Å². The predicted molar refractivity (Wildman–Crippen MR) is 205 cm³/mol. The van der Waals surface area contributed by atoms with Crippen molar-refractivity contribution >= 4 is 38.6 Å². The number of anilines is 3. The van der Waals surface area contributed by atoms with Crippen LogP contribution in [0.5, 0.6) is 0 Å². The number of hydrogen-bond donors (Lipinski definition) is 0. The molecule has 48 heavy (non-hydrogen) atoms. The molecule has 0 saturated carbocycles. The second-order valence-electron chi connectivity index (χ2n) is 13.3. The lowest BCUT2D eigenvalue weighted by Crippen LogP contribution is -2.15. The summed E-state index contributed by atoms with van der Waals surface area (Å²) in [6, 6.07) is 64.4. The first-order valence-corrected chi connectivity index (χ1v) is 16.8. The maximum Gasteiger partial charge on any atom is 0.0540 e. The normalized spacial score (nSPS) is 13.0. The molecule has 1 aliphatic rings. The van der Waals surface area contributed by atoms with Crippen LogP contribution in [0.2, 0.25) is 0 Å². The molecule has 228 valence electrons. The summed E-state index contributed by atoms with van der Waals surface area (Å²) in [5, 5.41) is 4.97. The Bertz CT molecular complexity index is 2470. The maximum absolute atomic E-state index is 2.45. The van der Waals surface area contributed by atoms with Crippen molar-refractivity contribution < 1.29 is 0 Å². The van der Waals surface area contributed by atoms with Gasteiger partial charge in [-0.2, -0.15) is 0 Å². The van der Waals surface area contributed by atoms with E-state index in [1.54, 1.807) is 0 Å². The molecule has 8 aromatic rings. The van der Waals surface area contributed by atoms with Gasteiger partial charge in [0.25, 0.3) is 0 Å². The number of hydrogen-bond acceptors (Lipinski definition) is 1. The molecule has 0 fully saturated rings. The number of fused-ring (bicyclic) bond motifs is 5. The molecule has 0 saturated heterocycles. The summed E-state index contributed by atoms with van der Waals surface area (Å²) in [5.41, 5.74) is 13.8. The van der Waals surface area contributed by atoms with E-state index in [9.17, 15) is 0 Å². The first-order valence-electron chi connectivity index (χ1n) is 16.8. The van der Waals surface area contributed by atoms with Crippen LogP contribution < -0.4 is 4.90 Å². The Hall–Kier alpha value is -5.92. The maximum atomic E-state index is 2.45. The van der Waals surface area contributed by atoms with Crippen LogP contribution in [0.15, 0.2) is 176 Å². The van der Waals surface area contributed by atoms with Gasteiger partial charge in [0.15, 0.2) is 0 Å². The molecule has 1 nitrogen and oxygen atoms in total. The number of rotatable bonds is 5. The first kappa shape index (κ1) is 28.3. The van der Waals surface area contributed by atoms with Crippen LogP contribution in [0.25, 0.3) is 54.9 Å². The molecule has 8 aromatic carbocycles. The zero-order valence-electron chi connectivity index (χ0n) is 27.2. The summed E-state index contributed by atoms with van der Waals surface area (Å²) in [4.78, 5) is 2.45. The number of para-hydroxylation sites is 1. The van der Waals surface area contributed by atoms with Gasteiger partial charge in [0.05, 0.1) is 11.4 Å². The molecule has 0 atom stereocenters. The van der Waals surface area contributed by atoms with Gasteiger partial charge in [-0.15, -0.1) is 0 Å². The van der Waals surface area contributed by atoms with E-state index < -0.39 is 0 Å². The van der Waals surface area contributed by atoms with Crippen molar-refractivity contribution in [3.05, 3.63) is 187 Å². The van der Waals surface area contributed by atoms with E-state index in [0.29, 0.717) is 0 Å². The first-order chi connectivity index (χ1) is 23.6. The van der Waals surface area contributed by atoms with Crippen LogP contribution in [0.1, 0.15) is 25.0 Å². The van der Waals surface area contributed by atoms with E-state index in [4.69, 9.17) is 0 Å². The summed E-state index contributed by atoms with van der Waals surface area (Å²) in [6.07, 6.45) is 0. The van der Waals surface area contributed by atoms with Crippen LogP contribution in [0.3, 0.4) is 0 Å². The fourth-order valence-corrected chi connectivity index (χ4v) is 7.95. The van der Waals surface area contributed by atoms with Crippen LogP contribution in [0.4, 0.5) is 17.1 Å². The lowest BCUT2D eigenvalue weighted by Gasteiger charge is -2.30. The highest BCUT2D eigenvalue weighted by atomic mass is 15.1. The zero-order chi connectivity index (χ0) is 32.2. The Morgan fingerprint density at radius 2 is 0.896 bits per heavy atom. The average Bonchev–Trinajstić information content (AvgIpc) is 3.38. The van der Waals surface area contributed by atoms with Gasteiger partial charge in [-0.3, -0.25) is 0 Å². The molecule has 0 bridgehead atoms. The van der Waals surface area contributed by atoms with Crippen molar-refractivity contribution in [3.63, 3.8) is 0 Å². The Kier molecular flexibility index (Phi) is 6.55. The average molecular weight is 614 g/mol. The van der Waals surface area contributed by atoms with Gasteiger partial charge < -0.3 is 4.90 Å². The van der Waals surface area contributed by atoms with E-state index in [1.165, 1.54) is 66.1 Å². The van der Waals surface area contributed by atoms with Crippen LogP contribution in [0, 0.1) is 0 Å². The molecule has 0 aromatic heterocycles. The van der Waals surface area contributed by atoms with E-state index in [-0.39, 0.29) is 5.41 Å². The number of benzene rings is 8. The number of nitrogens with zero attached hydrogens (tertiary/aromatic N) is 1. The SMILES string of the molecule is CC1(C)c2ccccc2-c2c(-c3ccccc3N(c3ccc(-c4cccc5ccccc45)cc3)c3cccc4ccccc34)cccc21. The molecule has 0 amide bonds. The largest absolute Gasteiger partial charge is 0.309 e. The van der Waals surface area contributed by atoms with Crippen molar-refractivity contribution in [1.82, 2.24) is 0 Å². The fraction of sp³-hybridized carbons (Fsp3) is 0.0638. The van der Waals surface area contributed by atoms with E-state index in [0.717, 1.165) is 17.1 Å². The second-order valence-corrected chi connectivity index (χ2v) is 13.3. The summed E-state index contributed by atoms with van der Waals surface area (Å²) in [6.45, 7) is 4.71. The Morgan fingerprint density at radius 3 is 1.71 bits per heavy atom. The Morgan fingerprint density at radius 1 is 0.375 bits per heavy atom. The summed E-state index contributed by atoms with van der Waals surface area (Å²) >= 11 is 0. The monoisotopic (exact) mass is 613 g/mol. The fourth-order valence-electron chi connectivity index (χ4n) is 7.95. The standard InChI is InChI=1S/C47H35N/c1-47(2)42-24-9-7-21-41(42)46-40(23-13-25-43(46)47)39-20-8-10-26-45(39)48(44-27-12-17-33-15-4-6-19-38(33)44)35-30-28-34(29-31-35)37-22-11-16-32-14-3-5-18-36(32)37/h3-31H,1-2H3. The molecule has 1 heteroatoms. The van der Waals surface area contributed by atoms with E-state index in [2.05, 4.69) is 195 Å².